The molecule has 8 nitrogen and oxygen atoms in total. The predicted octanol–water partition coefficient (Wildman–Crippen LogP) is 3.39. The van der Waals surface area contributed by atoms with Gasteiger partial charge in [-0.25, -0.2) is 0 Å². The number of amidine groups is 2. The van der Waals surface area contributed by atoms with E-state index in [1.165, 1.54) is 31.9 Å². The van der Waals surface area contributed by atoms with Crippen LogP contribution in [0.2, 0.25) is 0 Å². The molecule has 1 aromatic heterocycles. The van der Waals surface area contributed by atoms with Gasteiger partial charge in [0.05, 0.1) is 12.8 Å². The molecular weight excluding hydrogens is 494 g/mol. The summed E-state index contributed by atoms with van der Waals surface area (Å²) in [5, 5.41) is 9.04. The van der Waals surface area contributed by atoms with Crippen LogP contribution < -0.4 is 10.9 Å². The second kappa shape index (κ2) is 19.0. The molecular formula is C21H35CuN7OS2. The number of hydrogen-bond donors (Lipinski definition) is 2. The molecule has 1 aromatic rings. The van der Waals surface area contributed by atoms with Crippen molar-refractivity contribution in [3.63, 3.8) is 0 Å². The van der Waals surface area contributed by atoms with E-state index in [0.29, 0.717) is 34.9 Å². The molecule has 0 unspecified atom stereocenters. The predicted molar refractivity (Wildman–Crippen MR) is 136 cm³/mol. The van der Waals surface area contributed by atoms with Gasteiger partial charge in [-0.1, -0.05) is 26.7 Å². The molecule has 1 rings (SSSR count). The van der Waals surface area contributed by atoms with Gasteiger partial charge in [-0.05, 0) is 62.2 Å². The Balaban J connectivity index is 0.00000961. The number of furan rings is 1. The van der Waals surface area contributed by atoms with Crippen molar-refractivity contribution in [3.05, 3.63) is 23.7 Å². The average Bonchev–Trinajstić information content (AvgIpc) is 3.21. The zero-order valence-corrected chi connectivity index (χ0v) is 21.9. The molecule has 0 saturated carbocycles. The van der Waals surface area contributed by atoms with E-state index in [1.54, 1.807) is 0 Å². The van der Waals surface area contributed by atoms with E-state index in [4.69, 9.17) is 29.7 Å². The number of hydrogen-bond acceptors (Lipinski definition) is 8. The summed E-state index contributed by atoms with van der Waals surface area (Å²) in [5.74, 6) is 1.46. The zero-order chi connectivity index (χ0) is 22.9. The molecule has 0 atom stereocenters. The van der Waals surface area contributed by atoms with Crippen LogP contribution >= 0.6 is 0 Å². The molecule has 0 amide bonds. The molecule has 1 heterocycles. The van der Waals surface area contributed by atoms with E-state index in [2.05, 4.69) is 49.8 Å². The molecule has 2 N–H and O–H groups in total. The normalized spacial score (nSPS) is 13.0. The average molecular weight is 529 g/mol. The smallest absolute Gasteiger partial charge is 0.741 e. The molecule has 0 fully saturated rings. The Morgan fingerprint density at radius 2 is 1.56 bits per heavy atom. The molecule has 0 aliphatic heterocycles. The zero-order valence-electron chi connectivity index (χ0n) is 19.4. The number of aliphatic imine (C=N–C) groups is 2. The van der Waals surface area contributed by atoms with Crippen LogP contribution in [0.3, 0.4) is 0 Å². The second-order valence-corrected chi connectivity index (χ2v) is 7.56. The summed E-state index contributed by atoms with van der Waals surface area (Å²) < 4.78 is 6.07. The molecule has 0 spiro atoms. The van der Waals surface area contributed by atoms with Gasteiger partial charge in [0, 0.05) is 13.1 Å². The topological polar surface area (TPSA) is 89.9 Å². The number of rotatable bonds is 14. The van der Waals surface area contributed by atoms with Gasteiger partial charge >= 0.3 is 17.1 Å². The van der Waals surface area contributed by atoms with Crippen molar-refractivity contribution in [2.45, 2.75) is 59.9 Å². The number of nitrogens with one attached hydrogen (secondary N) is 2. The molecule has 1 radical (unpaired) electrons. The van der Waals surface area contributed by atoms with Crippen molar-refractivity contribution in [2.75, 3.05) is 26.2 Å². The third-order valence-corrected chi connectivity index (χ3v) is 4.61. The first-order valence-electron chi connectivity index (χ1n) is 10.9. The van der Waals surface area contributed by atoms with Crippen LogP contribution in [0.15, 0.2) is 36.7 Å². The van der Waals surface area contributed by atoms with Crippen molar-refractivity contribution >= 4 is 47.5 Å². The van der Waals surface area contributed by atoms with Crippen LogP contribution in [0.1, 0.15) is 64.9 Å². The van der Waals surface area contributed by atoms with Gasteiger partial charge in [-0.2, -0.15) is 10.2 Å². The molecule has 11 heteroatoms. The third-order valence-electron chi connectivity index (χ3n) is 4.17. The Morgan fingerprint density at radius 1 is 0.969 bits per heavy atom. The Bertz CT molecular complexity index is 742. The number of hydrazone groups is 2. The van der Waals surface area contributed by atoms with Crippen molar-refractivity contribution < 1.29 is 21.5 Å². The van der Waals surface area contributed by atoms with Crippen LogP contribution in [0.4, 0.5) is 0 Å². The maximum atomic E-state index is 6.07. The Kier molecular flexibility index (Phi) is 18.1. The standard InChI is InChI=1S/C21H37N7OS2.Cu/c1-5-9-13-28(14-10-6-2)16-17-11-12-19(29-17)18(25-27-21(31)23-8-4)15-24-26-20(30)22-7-3;/h11-12,15H,5-10,13-14,16H2,1-4H3,(H2,22,26,30)(H2,23,27,31);/q;+2/p-2/b24-15+,25-18-;. The fraction of sp³-hybridized carbons (Fsp3) is 0.619. The van der Waals surface area contributed by atoms with Crippen LogP contribution in [-0.2, 0) is 48.9 Å². The minimum absolute atomic E-state index is 0. The van der Waals surface area contributed by atoms with Crippen LogP contribution in [0, 0.1) is 0 Å². The van der Waals surface area contributed by atoms with Crippen molar-refractivity contribution in [3.8, 4) is 0 Å². The SMILES string of the molecule is CCCCN(CCCC)Cc1ccc(C(/C=N/NC([S-])=NCC)=N\NC([S-])=NCC)o1.[Cu+2]. The molecule has 32 heavy (non-hydrogen) atoms. The molecule has 0 bridgehead atoms. The van der Waals surface area contributed by atoms with E-state index in [0.717, 1.165) is 25.4 Å². The molecule has 183 valence electrons. The first-order valence-corrected chi connectivity index (χ1v) is 11.7. The summed E-state index contributed by atoms with van der Waals surface area (Å²) in [6.07, 6.45) is 6.22. The van der Waals surface area contributed by atoms with Gasteiger partial charge in [0.15, 0.2) is 5.76 Å². The van der Waals surface area contributed by atoms with Gasteiger partial charge in [0.2, 0.25) is 0 Å². The van der Waals surface area contributed by atoms with Gasteiger partial charge in [-0.15, -0.1) is 0 Å². The minimum atomic E-state index is 0. The van der Waals surface area contributed by atoms with E-state index >= 15 is 0 Å². The Hall–Kier alpha value is -1.52. The second-order valence-electron chi connectivity index (χ2n) is 6.79. The van der Waals surface area contributed by atoms with Gasteiger partial charge < -0.3 is 29.7 Å². The van der Waals surface area contributed by atoms with E-state index < -0.39 is 0 Å². The molecule has 0 aromatic carbocycles. The monoisotopic (exact) mass is 528 g/mol. The van der Waals surface area contributed by atoms with Gasteiger partial charge in [-0.3, -0.25) is 25.7 Å². The van der Waals surface area contributed by atoms with Crippen molar-refractivity contribution in [1.82, 2.24) is 15.8 Å². The Labute approximate surface area is 214 Å². The summed E-state index contributed by atoms with van der Waals surface area (Å²) in [4.78, 5) is 10.6. The van der Waals surface area contributed by atoms with E-state index in [-0.39, 0.29) is 17.1 Å². The van der Waals surface area contributed by atoms with E-state index in [1.807, 2.05) is 26.0 Å². The fourth-order valence-electron chi connectivity index (χ4n) is 2.62. The van der Waals surface area contributed by atoms with Crippen molar-refractivity contribution in [2.24, 2.45) is 20.2 Å². The summed E-state index contributed by atoms with van der Waals surface area (Å²) in [6, 6.07) is 3.86. The van der Waals surface area contributed by atoms with Crippen molar-refractivity contribution in [1.29, 1.82) is 0 Å². The molecule has 0 saturated heterocycles. The summed E-state index contributed by atoms with van der Waals surface area (Å²) in [6.45, 7) is 12.3. The van der Waals surface area contributed by atoms with E-state index in [9.17, 15) is 0 Å². The van der Waals surface area contributed by atoms with Gasteiger partial charge in [0.1, 0.15) is 11.5 Å². The third kappa shape index (κ3) is 13.1. The summed E-state index contributed by atoms with van der Waals surface area (Å²) >= 11 is 10.2. The van der Waals surface area contributed by atoms with Crippen LogP contribution in [-0.4, -0.2) is 53.3 Å². The minimum Gasteiger partial charge on any atom is -0.741 e. The number of unbranched alkanes of at least 4 members (excludes halogenated alkanes) is 2. The number of nitrogens with zero attached hydrogens (tertiary/aromatic N) is 5. The summed E-state index contributed by atoms with van der Waals surface area (Å²) in [7, 11) is 0. The maximum absolute atomic E-state index is 6.07. The largest absolute Gasteiger partial charge is 2.00 e. The fourth-order valence-corrected chi connectivity index (χ4v) is 2.97. The van der Waals surface area contributed by atoms with Gasteiger partial charge in [0.25, 0.3) is 0 Å². The quantitative estimate of drug-likeness (QED) is 0.126. The first kappa shape index (κ1) is 30.5. The Morgan fingerprint density at radius 3 is 2.12 bits per heavy atom. The molecule has 0 aliphatic rings. The van der Waals surface area contributed by atoms with Crippen LogP contribution in [0.25, 0.3) is 0 Å². The maximum Gasteiger partial charge on any atom is 2.00 e. The molecule has 0 aliphatic carbocycles. The first-order chi connectivity index (χ1) is 15.0. The van der Waals surface area contributed by atoms with Crippen LogP contribution in [0.5, 0.6) is 0 Å². The summed E-state index contributed by atoms with van der Waals surface area (Å²) in [5.41, 5.74) is 5.93.